The van der Waals surface area contributed by atoms with Gasteiger partial charge < -0.3 is 9.47 Å². The van der Waals surface area contributed by atoms with Crippen LogP contribution in [0, 0.1) is 6.92 Å². The van der Waals surface area contributed by atoms with Gasteiger partial charge in [0.05, 0.1) is 29.6 Å². The maximum Gasteiger partial charge on any atom is 0.269 e. The molecule has 0 bridgehead atoms. The Morgan fingerprint density at radius 3 is 2.59 bits per heavy atom. The lowest BCUT2D eigenvalue weighted by molar-refractivity contribution is 0.102. The average Bonchev–Trinajstić information content (AvgIpc) is 3.47. The topological polar surface area (TPSA) is 77.8 Å². The monoisotopic (exact) mass is 464 g/mol. The fourth-order valence-electron chi connectivity index (χ4n) is 3.43. The Bertz CT molecular complexity index is 1430. The average molecular weight is 465 g/mol. The van der Waals surface area contributed by atoms with Gasteiger partial charge in [-0.1, -0.05) is 22.7 Å². The smallest absolute Gasteiger partial charge is 0.269 e. The number of aromatic nitrogens is 3. The van der Waals surface area contributed by atoms with Gasteiger partial charge in [-0.05, 0) is 56.3 Å². The molecule has 162 valence electrons. The minimum Gasteiger partial charge on any atom is -0.497 e. The number of hydrogen-bond donors (Lipinski definition) is 1. The second-order valence-electron chi connectivity index (χ2n) is 7.06. The molecular weight excluding hydrogens is 444 g/mol. The molecule has 0 saturated carbocycles. The van der Waals surface area contributed by atoms with Gasteiger partial charge in [0.1, 0.15) is 16.4 Å². The van der Waals surface area contributed by atoms with Gasteiger partial charge in [-0.3, -0.25) is 14.5 Å². The van der Waals surface area contributed by atoms with E-state index in [0.29, 0.717) is 16.6 Å². The Hall–Kier alpha value is -3.43. The highest BCUT2D eigenvalue weighted by Gasteiger charge is 2.19. The molecule has 2 aromatic carbocycles. The van der Waals surface area contributed by atoms with Crippen molar-refractivity contribution in [1.29, 1.82) is 0 Å². The van der Waals surface area contributed by atoms with E-state index in [-0.39, 0.29) is 5.91 Å². The summed E-state index contributed by atoms with van der Waals surface area (Å²) < 4.78 is 13.7. The van der Waals surface area contributed by atoms with E-state index in [0.717, 1.165) is 43.6 Å². The van der Waals surface area contributed by atoms with Crippen molar-refractivity contribution in [1.82, 2.24) is 14.4 Å². The number of fused-ring (bicyclic) bond motifs is 2. The summed E-state index contributed by atoms with van der Waals surface area (Å²) in [6, 6.07) is 13.5. The van der Waals surface area contributed by atoms with Crippen LogP contribution in [0.1, 0.15) is 22.3 Å². The number of benzene rings is 2. The summed E-state index contributed by atoms with van der Waals surface area (Å²) in [5.41, 5.74) is 3.52. The molecule has 0 aliphatic rings. The van der Waals surface area contributed by atoms with Gasteiger partial charge in [0.2, 0.25) is 0 Å². The number of hydrogen-bond acceptors (Lipinski definition) is 7. The maximum atomic E-state index is 13.0. The van der Waals surface area contributed by atoms with Crippen molar-refractivity contribution >= 4 is 48.9 Å². The predicted octanol–water partition coefficient (Wildman–Crippen LogP) is 5.64. The number of nitrogens with one attached hydrogen (secondary N) is 1. The first-order valence-electron chi connectivity index (χ1n) is 10.0. The van der Waals surface area contributed by atoms with Gasteiger partial charge in [0.15, 0.2) is 10.1 Å². The van der Waals surface area contributed by atoms with E-state index in [2.05, 4.69) is 10.3 Å². The lowest BCUT2D eigenvalue weighted by Crippen LogP contribution is -2.11. The largest absolute Gasteiger partial charge is 0.497 e. The first kappa shape index (κ1) is 20.5. The number of amides is 1. The molecule has 5 rings (SSSR count). The van der Waals surface area contributed by atoms with Gasteiger partial charge in [-0.15, -0.1) is 0 Å². The molecule has 0 aliphatic carbocycles. The second-order valence-corrected chi connectivity index (χ2v) is 9.07. The number of carbonyl (C=O) groups excluding carboxylic acids is 1. The van der Waals surface area contributed by atoms with E-state index in [4.69, 9.17) is 14.5 Å². The zero-order valence-electron chi connectivity index (χ0n) is 17.7. The number of aryl methyl sites for hydroxylation is 1. The van der Waals surface area contributed by atoms with Crippen molar-refractivity contribution in [3.05, 3.63) is 59.2 Å². The molecule has 9 heteroatoms. The lowest BCUT2D eigenvalue weighted by atomic mass is 10.2. The van der Waals surface area contributed by atoms with Crippen LogP contribution in [0.25, 0.3) is 26.4 Å². The molecule has 0 fully saturated rings. The van der Waals surface area contributed by atoms with Crippen molar-refractivity contribution in [2.45, 2.75) is 13.8 Å². The highest BCUT2D eigenvalue weighted by atomic mass is 32.1. The molecule has 3 heterocycles. The first-order chi connectivity index (χ1) is 15.6. The third-order valence-corrected chi connectivity index (χ3v) is 7.13. The summed E-state index contributed by atoms with van der Waals surface area (Å²) in [6.07, 6.45) is 1.95. The van der Waals surface area contributed by atoms with Crippen LogP contribution < -0.4 is 14.8 Å². The molecule has 0 unspecified atom stereocenters. The predicted molar refractivity (Wildman–Crippen MR) is 129 cm³/mol. The normalized spacial score (nSPS) is 11.2. The van der Waals surface area contributed by atoms with Gasteiger partial charge >= 0.3 is 0 Å². The fraction of sp³-hybridized carbons (Fsp3) is 0.174. The van der Waals surface area contributed by atoms with Crippen LogP contribution in [0.5, 0.6) is 11.5 Å². The van der Waals surface area contributed by atoms with E-state index >= 15 is 0 Å². The third kappa shape index (κ3) is 3.69. The minimum atomic E-state index is -0.187. The number of methoxy groups -OCH3 is 1. The van der Waals surface area contributed by atoms with Crippen molar-refractivity contribution in [2.75, 3.05) is 19.0 Å². The zero-order chi connectivity index (χ0) is 22.2. The molecule has 0 spiro atoms. The first-order valence-corrected chi connectivity index (χ1v) is 11.7. The van der Waals surface area contributed by atoms with Crippen molar-refractivity contribution in [3.8, 4) is 22.8 Å². The molecular formula is C23H20N4O3S2. The molecule has 0 aliphatic heterocycles. The Morgan fingerprint density at radius 1 is 1.09 bits per heavy atom. The number of rotatable bonds is 6. The molecule has 1 amide bonds. The Morgan fingerprint density at radius 2 is 1.88 bits per heavy atom. The molecule has 1 N–H and O–H groups in total. The van der Waals surface area contributed by atoms with Gasteiger partial charge in [-0.25, -0.2) is 9.97 Å². The molecule has 5 aromatic rings. The van der Waals surface area contributed by atoms with Crippen LogP contribution in [0.3, 0.4) is 0 Å². The number of anilines is 1. The van der Waals surface area contributed by atoms with Crippen LogP contribution >= 0.6 is 22.7 Å². The van der Waals surface area contributed by atoms with Crippen molar-refractivity contribution in [2.24, 2.45) is 0 Å². The van der Waals surface area contributed by atoms with E-state index in [1.165, 1.54) is 22.7 Å². The zero-order valence-corrected chi connectivity index (χ0v) is 19.3. The number of carbonyl (C=O) groups is 1. The van der Waals surface area contributed by atoms with Crippen LogP contribution in [-0.4, -0.2) is 34.0 Å². The summed E-state index contributed by atoms with van der Waals surface area (Å²) in [7, 11) is 1.64. The number of thiazole rings is 2. The van der Waals surface area contributed by atoms with Crippen LogP contribution in [0.15, 0.2) is 48.7 Å². The maximum absolute atomic E-state index is 13.0. The van der Waals surface area contributed by atoms with Crippen molar-refractivity contribution in [3.63, 3.8) is 0 Å². The Kier molecular flexibility index (Phi) is 5.28. The highest BCUT2D eigenvalue weighted by molar-refractivity contribution is 7.22. The van der Waals surface area contributed by atoms with Gasteiger partial charge in [-0.2, -0.15) is 0 Å². The standard InChI is InChI=1S/C23H20N4O3S2/c1-4-30-16-9-10-17-19(11-16)31-22(24-17)26-21(28)20-13(2)27-12-18(25-23(27)32-20)14-5-7-15(29-3)8-6-14/h5-12H,4H2,1-3H3,(H,24,26,28). The molecule has 3 aromatic heterocycles. The molecule has 0 saturated heterocycles. The number of ether oxygens (including phenoxy) is 2. The van der Waals surface area contributed by atoms with Crippen LogP contribution in [0.4, 0.5) is 5.13 Å². The Labute approximate surface area is 192 Å². The minimum absolute atomic E-state index is 0.187. The summed E-state index contributed by atoms with van der Waals surface area (Å²) in [5.74, 6) is 1.41. The highest BCUT2D eigenvalue weighted by Crippen LogP contribution is 2.32. The summed E-state index contributed by atoms with van der Waals surface area (Å²) in [5, 5.41) is 3.49. The fourth-order valence-corrected chi connectivity index (χ4v) is 5.32. The molecule has 7 nitrogen and oxygen atoms in total. The van der Waals surface area contributed by atoms with E-state index in [9.17, 15) is 4.79 Å². The summed E-state index contributed by atoms with van der Waals surface area (Å²) >= 11 is 2.79. The van der Waals surface area contributed by atoms with Gasteiger partial charge in [0.25, 0.3) is 5.91 Å². The third-order valence-electron chi connectivity index (χ3n) is 5.04. The quantitative estimate of drug-likeness (QED) is 0.352. The van der Waals surface area contributed by atoms with E-state index < -0.39 is 0 Å². The molecule has 0 atom stereocenters. The Balaban J connectivity index is 1.39. The van der Waals surface area contributed by atoms with E-state index in [1.807, 2.05) is 66.9 Å². The van der Waals surface area contributed by atoms with Gasteiger partial charge in [0, 0.05) is 17.5 Å². The summed E-state index contributed by atoms with van der Waals surface area (Å²) in [4.78, 5) is 23.6. The number of imidazole rings is 1. The lowest BCUT2D eigenvalue weighted by Gasteiger charge is -2.01. The summed E-state index contributed by atoms with van der Waals surface area (Å²) in [6.45, 7) is 4.47. The molecule has 32 heavy (non-hydrogen) atoms. The van der Waals surface area contributed by atoms with E-state index in [1.54, 1.807) is 7.11 Å². The van der Waals surface area contributed by atoms with Crippen LogP contribution in [-0.2, 0) is 0 Å². The van der Waals surface area contributed by atoms with Crippen LogP contribution in [0.2, 0.25) is 0 Å². The second kappa shape index (κ2) is 8.25. The number of nitrogens with zero attached hydrogens (tertiary/aromatic N) is 3. The SMILES string of the molecule is CCOc1ccc2nc(NC(=O)c3sc4nc(-c5ccc(OC)cc5)cn4c3C)sc2c1. The van der Waals surface area contributed by atoms with Crippen molar-refractivity contribution < 1.29 is 14.3 Å². The molecule has 0 radical (unpaired) electrons.